The Balaban J connectivity index is 1.68. The Hall–Kier alpha value is -2.36. The molecule has 1 aliphatic carbocycles. The fourth-order valence-electron chi connectivity index (χ4n) is 3.38. The first-order valence-electron chi connectivity index (χ1n) is 8.74. The normalized spacial score (nSPS) is 16.4. The van der Waals surface area contributed by atoms with Crippen LogP contribution < -0.4 is 9.80 Å². The monoisotopic (exact) mass is 321 g/mol. The number of nitrogens with zero attached hydrogens (tertiary/aromatic N) is 3. The van der Waals surface area contributed by atoms with Crippen LogP contribution in [0, 0.1) is 0 Å². The fraction of sp³-hybridized carbons (Fsp3) is 0.400. The third kappa shape index (κ3) is 2.77. The van der Waals surface area contributed by atoms with Gasteiger partial charge in [0.2, 0.25) is 0 Å². The number of fused-ring (bicyclic) bond motifs is 1. The number of pyridine rings is 1. The fourth-order valence-corrected chi connectivity index (χ4v) is 3.38. The highest BCUT2D eigenvalue weighted by molar-refractivity contribution is 5.87. The second-order valence-electron chi connectivity index (χ2n) is 6.90. The summed E-state index contributed by atoms with van der Waals surface area (Å²) in [6.45, 7) is 3.10. The van der Waals surface area contributed by atoms with Gasteiger partial charge in [-0.25, -0.2) is 4.98 Å². The molecule has 0 saturated heterocycles. The molecule has 2 heterocycles. The van der Waals surface area contributed by atoms with Crippen LogP contribution in [0.2, 0.25) is 0 Å². The molecule has 4 rings (SSSR count). The smallest absolute Gasteiger partial charge is 0.153 e. The summed E-state index contributed by atoms with van der Waals surface area (Å²) in [7, 11) is 2.02. The molecule has 124 valence electrons. The quantitative estimate of drug-likeness (QED) is 0.839. The van der Waals surface area contributed by atoms with E-state index in [9.17, 15) is 4.79 Å². The molecule has 0 radical (unpaired) electrons. The molecule has 4 nitrogen and oxygen atoms in total. The Morgan fingerprint density at radius 3 is 2.83 bits per heavy atom. The van der Waals surface area contributed by atoms with Crippen molar-refractivity contribution in [3.8, 4) is 11.1 Å². The van der Waals surface area contributed by atoms with Crippen LogP contribution in [0.25, 0.3) is 11.1 Å². The molecule has 0 amide bonds. The molecular weight excluding hydrogens is 298 g/mol. The number of hydrogen-bond donors (Lipinski definition) is 0. The summed E-state index contributed by atoms with van der Waals surface area (Å²) in [5, 5.41) is 0. The number of aromatic nitrogens is 1. The maximum atomic E-state index is 11.9. The predicted octanol–water partition coefficient (Wildman–Crippen LogP) is 3.82. The van der Waals surface area contributed by atoms with Crippen LogP contribution in [0.3, 0.4) is 0 Å². The number of anilines is 2. The molecular formula is C20H23N3O. The molecule has 0 bridgehead atoms. The number of hydrogen-bond acceptors (Lipinski definition) is 4. The van der Waals surface area contributed by atoms with Crippen molar-refractivity contribution in [2.75, 3.05) is 30.1 Å². The lowest BCUT2D eigenvalue weighted by Gasteiger charge is -2.18. The minimum absolute atomic E-state index is 0.261. The van der Waals surface area contributed by atoms with Gasteiger partial charge in [-0.3, -0.25) is 4.79 Å². The third-order valence-corrected chi connectivity index (χ3v) is 4.96. The van der Waals surface area contributed by atoms with E-state index in [1.807, 2.05) is 20.2 Å². The van der Waals surface area contributed by atoms with Crippen LogP contribution in [0.4, 0.5) is 11.5 Å². The summed E-state index contributed by atoms with van der Waals surface area (Å²) >= 11 is 0. The van der Waals surface area contributed by atoms with Crippen LogP contribution in [0.1, 0.15) is 37.7 Å². The first kappa shape index (κ1) is 15.2. The van der Waals surface area contributed by atoms with Crippen molar-refractivity contribution in [3.63, 3.8) is 0 Å². The van der Waals surface area contributed by atoms with Crippen molar-refractivity contribution in [2.45, 2.75) is 32.1 Å². The van der Waals surface area contributed by atoms with E-state index in [1.54, 1.807) is 0 Å². The van der Waals surface area contributed by atoms with E-state index in [4.69, 9.17) is 0 Å². The molecule has 2 aliphatic rings. The molecule has 4 heteroatoms. The summed E-state index contributed by atoms with van der Waals surface area (Å²) in [5.41, 5.74) is 4.84. The average Bonchev–Trinajstić information content (AvgIpc) is 3.41. The van der Waals surface area contributed by atoms with Crippen molar-refractivity contribution in [2.24, 2.45) is 0 Å². The topological polar surface area (TPSA) is 36.4 Å². The highest BCUT2D eigenvalue weighted by atomic mass is 16.1. The molecule has 1 aromatic carbocycles. The summed E-state index contributed by atoms with van der Waals surface area (Å²) in [4.78, 5) is 20.8. The van der Waals surface area contributed by atoms with Crippen LogP contribution >= 0.6 is 0 Å². The SMILES string of the molecule is CCC(=O)CN1CN(C)c2ncc(-c3cccc(C4CC4)c3)cc21. The van der Waals surface area contributed by atoms with Gasteiger partial charge >= 0.3 is 0 Å². The first-order valence-corrected chi connectivity index (χ1v) is 8.74. The van der Waals surface area contributed by atoms with Gasteiger partial charge in [-0.1, -0.05) is 31.2 Å². The van der Waals surface area contributed by atoms with Gasteiger partial charge in [-0.05, 0) is 36.0 Å². The second kappa shape index (κ2) is 5.93. The summed E-state index contributed by atoms with van der Waals surface area (Å²) < 4.78 is 0. The van der Waals surface area contributed by atoms with Gasteiger partial charge in [0.15, 0.2) is 11.6 Å². The third-order valence-electron chi connectivity index (χ3n) is 4.96. The lowest BCUT2D eigenvalue weighted by Crippen LogP contribution is -2.32. The molecule has 2 aromatic rings. The Morgan fingerprint density at radius 2 is 2.08 bits per heavy atom. The maximum Gasteiger partial charge on any atom is 0.153 e. The van der Waals surface area contributed by atoms with E-state index < -0.39 is 0 Å². The van der Waals surface area contributed by atoms with E-state index in [-0.39, 0.29) is 5.78 Å². The molecule has 1 aromatic heterocycles. The van der Waals surface area contributed by atoms with Gasteiger partial charge in [-0.15, -0.1) is 0 Å². The number of ketones is 1. The average molecular weight is 321 g/mol. The van der Waals surface area contributed by atoms with Crippen molar-refractivity contribution < 1.29 is 4.79 Å². The number of carbonyl (C=O) groups excluding carboxylic acids is 1. The van der Waals surface area contributed by atoms with Crippen molar-refractivity contribution >= 4 is 17.3 Å². The molecule has 1 saturated carbocycles. The molecule has 0 atom stereocenters. The van der Waals surface area contributed by atoms with Gasteiger partial charge in [0.1, 0.15) is 0 Å². The van der Waals surface area contributed by atoms with Crippen LogP contribution in [-0.2, 0) is 4.79 Å². The van der Waals surface area contributed by atoms with E-state index >= 15 is 0 Å². The molecule has 0 spiro atoms. The zero-order chi connectivity index (χ0) is 16.7. The van der Waals surface area contributed by atoms with Crippen molar-refractivity contribution in [1.29, 1.82) is 0 Å². The molecule has 0 unspecified atom stereocenters. The van der Waals surface area contributed by atoms with Gasteiger partial charge in [-0.2, -0.15) is 0 Å². The standard InChI is InChI=1S/C20H23N3O/c1-3-18(24)12-23-13-22(2)20-19(23)10-17(11-21-20)16-6-4-5-15(9-16)14-7-8-14/h4-6,9-11,14H,3,7-8,12-13H2,1-2H3. The number of rotatable bonds is 5. The lowest BCUT2D eigenvalue weighted by molar-refractivity contribution is -0.117. The highest BCUT2D eigenvalue weighted by Crippen LogP contribution is 2.42. The van der Waals surface area contributed by atoms with Gasteiger partial charge in [0.25, 0.3) is 0 Å². The number of benzene rings is 1. The van der Waals surface area contributed by atoms with E-state index in [1.165, 1.54) is 24.0 Å². The molecule has 0 N–H and O–H groups in total. The number of carbonyl (C=O) groups is 1. The van der Waals surface area contributed by atoms with Gasteiger partial charge < -0.3 is 9.80 Å². The lowest BCUT2D eigenvalue weighted by atomic mass is 10.0. The largest absolute Gasteiger partial charge is 0.343 e. The van der Waals surface area contributed by atoms with E-state index in [0.717, 1.165) is 29.7 Å². The Morgan fingerprint density at radius 1 is 1.25 bits per heavy atom. The minimum Gasteiger partial charge on any atom is -0.343 e. The highest BCUT2D eigenvalue weighted by Gasteiger charge is 2.27. The minimum atomic E-state index is 0.261. The van der Waals surface area contributed by atoms with Crippen LogP contribution in [0.5, 0.6) is 0 Å². The Labute approximate surface area is 143 Å². The van der Waals surface area contributed by atoms with E-state index in [2.05, 4.69) is 45.1 Å². The Bertz CT molecular complexity index is 782. The van der Waals surface area contributed by atoms with Crippen molar-refractivity contribution in [1.82, 2.24) is 4.98 Å². The first-order chi connectivity index (χ1) is 11.7. The molecule has 1 fully saturated rings. The van der Waals surface area contributed by atoms with Gasteiger partial charge in [0.05, 0.1) is 18.9 Å². The van der Waals surface area contributed by atoms with Crippen LogP contribution in [-0.4, -0.2) is 31.0 Å². The van der Waals surface area contributed by atoms with Crippen molar-refractivity contribution in [3.05, 3.63) is 42.1 Å². The number of Topliss-reactive ketones (excluding diaryl/α,β-unsaturated/α-hetero) is 1. The summed E-state index contributed by atoms with van der Waals surface area (Å²) in [5.74, 6) is 1.97. The molecule has 1 aliphatic heterocycles. The van der Waals surface area contributed by atoms with E-state index in [0.29, 0.717) is 13.0 Å². The molecule has 24 heavy (non-hydrogen) atoms. The van der Waals surface area contributed by atoms with Gasteiger partial charge in [0, 0.05) is 25.2 Å². The maximum absolute atomic E-state index is 11.9. The summed E-state index contributed by atoms with van der Waals surface area (Å²) in [6, 6.07) is 11.0. The zero-order valence-electron chi connectivity index (χ0n) is 14.3. The zero-order valence-corrected chi connectivity index (χ0v) is 14.3. The summed E-state index contributed by atoms with van der Waals surface area (Å²) in [6.07, 6.45) is 5.14. The predicted molar refractivity (Wildman–Crippen MR) is 97.6 cm³/mol. The van der Waals surface area contributed by atoms with Crippen LogP contribution in [0.15, 0.2) is 36.5 Å². The second-order valence-corrected chi connectivity index (χ2v) is 6.90. The Kier molecular flexibility index (Phi) is 3.75.